The van der Waals surface area contributed by atoms with E-state index in [1.165, 1.54) is 24.8 Å². The second kappa shape index (κ2) is 5.75. The normalized spacial score (nSPS) is 28.3. The van der Waals surface area contributed by atoms with Gasteiger partial charge in [-0.2, -0.15) is 0 Å². The van der Waals surface area contributed by atoms with Crippen LogP contribution < -0.4 is 5.73 Å². The molecule has 18 heavy (non-hydrogen) atoms. The molecule has 0 bridgehead atoms. The molecule has 2 rings (SSSR count). The zero-order chi connectivity index (χ0) is 13.1. The molecule has 0 saturated heterocycles. The van der Waals surface area contributed by atoms with E-state index in [2.05, 4.69) is 26.8 Å². The fraction of sp³-hybridized carbons (Fsp3) is 0.625. The highest BCUT2D eigenvalue weighted by Gasteiger charge is 2.24. The molecule has 1 saturated carbocycles. The van der Waals surface area contributed by atoms with Gasteiger partial charge in [0.15, 0.2) is 0 Å². The summed E-state index contributed by atoms with van der Waals surface area (Å²) in [6.45, 7) is 7.46. The Bertz CT molecular complexity index is 402. The number of nitrogen functional groups attached to an aromatic ring is 1. The topological polar surface area (TPSA) is 35.2 Å². The Morgan fingerprint density at radius 2 is 2.00 bits per heavy atom. The average molecular weight is 247 g/mol. The molecule has 1 fully saturated rings. The van der Waals surface area contributed by atoms with Crippen LogP contribution in [0.2, 0.25) is 0 Å². The largest absolute Gasteiger partial charge is 0.399 e. The van der Waals surface area contributed by atoms with Gasteiger partial charge in [-0.15, -0.1) is 0 Å². The Labute approximate surface area is 111 Å². The van der Waals surface area contributed by atoms with Crippen molar-refractivity contribution in [1.29, 1.82) is 0 Å². The molecular weight excluding hydrogens is 222 g/mol. The molecule has 100 valence electrons. The number of hydrogen-bond acceptors (Lipinski definition) is 2. The van der Waals surface area contributed by atoms with Crippen LogP contribution in [0.15, 0.2) is 18.2 Å². The lowest BCUT2D eigenvalue weighted by atomic mass is 9.80. The predicted molar refractivity (Wildman–Crippen MR) is 76.3 cm³/mol. The van der Waals surface area contributed by atoms with E-state index < -0.39 is 0 Å². The molecule has 1 aliphatic rings. The summed E-state index contributed by atoms with van der Waals surface area (Å²) in [6, 6.07) is 6.07. The smallest absolute Gasteiger partial charge is 0.0723 e. The van der Waals surface area contributed by atoms with Crippen LogP contribution in [-0.2, 0) is 11.3 Å². The molecule has 3 atom stereocenters. The monoisotopic (exact) mass is 247 g/mol. The molecule has 1 aromatic rings. The Hall–Kier alpha value is -1.02. The van der Waals surface area contributed by atoms with Gasteiger partial charge in [-0.05, 0) is 55.2 Å². The van der Waals surface area contributed by atoms with E-state index >= 15 is 0 Å². The molecule has 3 unspecified atom stereocenters. The Balaban J connectivity index is 1.90. The minimum atomic E-state index is 0.428. The van der Waals surface area contributed by atoms with Crippen molar-refractivity contribution in [2.24, 2.45) is 11.8 Å². The molecule has 2 nitrogen and oxygen atoms in total. The van der Waals surface area contributed by atoms with E-state index in [4.69, 9.17) is 10.5 Å². The molecule has 1 aromatic carbocycles. The first-order valence-electron chi connectivity index (χ1n) is 7.03. The van der Waals surface area contributed by atoms with Crippen LogP contribution in [0.4, 0.5) is 5.69 Å². The van der Waals surface area contributed by atoms with Crippen molar-refractivity contribution in [3.05, 3.63) is 29.3 Å². The first kappa shape index (κ1) is 13.4. The van der Waals surface area contributed by atoms with E-state index in [-0.39, 0.29) is 0 Å². The van der Waals surface area contributed by atoms with Gasteiger partial charge in [0, 0.05) is 5.69 Å². The molecule has 0 aromatic heterocycles. The Morgan fingerprint density at radius 1 is 1.22 bits per heavy atom. The maximum absolute atomic E-state index is 6.07. The highest BCUT2D eigenvalue weighted by molar-refractivity contribution is 5.49. The third-order valence-electron chi connectivity index (χ3n) is 4.51. The van der Waals surface area contributed by atoms with Crippen molar-refractivity contribution in [2.45, 2.75) is 52.7 Å². The van der Waals surface area contributed by atoms with Crippen molar-refractivity contribution in [3.8, 4) is 0 Å². The molecule has 0 radical (unpaired) electrons. The van der Waals surface area contributed by atoms with E-state index in [1.54, 1.807) is 0 Å². The Morgan fingerprint density at radius 3 is 2.72 bits per heavy atom. The molecule has 2 N–H and O–H groups in total. The maximum Gasteiger partial charge on any atom is 0.0723 e. The number of anilines is 1. The summed E-state index contributed by atoms with van der Waals surface area (Å²) in [7, 11) is 0. The first-order chi connectivity index (χ1) is 8.58. The summed E-state index contributed by atoms with van der Waals surface area (Å²) in [5.74, 6) is 1.63. The number of nitrogens with two attached hydrogens (primary N) is 1. The second-order valence-corrected chi connectivity index (χ2v) is 5.83. The minimum absolute atomic E-state index is 0.428. The van der Waals surface area contributed by atoms with E-state index in [1.807, 2.05) is 12.1 Å². The van der Waals surface area contributed by atoms with Crippen LogP contribution >= 0.6 is 0 Å². The van der Waals surface area contributed by atoms with Gasteiger partial charge in [-0.1, -0.05) is 26.0 Å². The maximum atomic E-state index is 6.07. The highest BCUT2D eigenvalue weighted by atomic mass is 16.5. The molecule has 2 heteroatoms. The van der Waals surface area contributed by atoms with Gasteiger partial charge in [-0.3, -0.25) is 0 Å². The standard InChI is InChI=1S/C16H25NO/c1-11-7-8-15(9-12(11)2)18-10-14-5-4-6-16(17)13(14)3/h4-6,11-12,15H,7-10,17H2,1-3H3. The quantitative estimate of drug-likeness (QED) is 0.822. The summed E-state index contributed by atoms with van der Waals surface area (Å²) in [4.78, 5) is 0. The number of benzene rings is 1. The van der Waals surface area contributed by atoms with Gasteiger partial charge in [0.05, 0.1) is 12.7 Å². The molecular formula is C16H25NO. The molecule has 0 spiro atoms. The molecule has 0 amide bonds. The summed E-state index contributed by atoms with van der Waals surface area (Å²) in [5.41, 5.74) is 9.16. The lowest BCUT2D eigenvalue weighted by Crippen LogP contribution is -2.26. The molecule has 0 aliphatic heterocycles. The third kappa shape index (κ3) is 3.05. The predicted octanol–water partition coefficient (Wildman–Crippen LogP) is 3.92. The number of ether oxygens (including phenoxy) is 1. The summed E-state index contributed by atoms with van der Waals surface area (Å²) in [6.07, 6.45) is 4.12. The minimum Gasteiger partial charge on any atom is -0.399 e. The van der Waals surface area contributed by atoms with Crippen molar-refractivity contribution >= 4 is 5.69 Å². The first-order valence-corrected chi connectivity index (χ1v) is 7.03. The zero-order valence-corrected chi connectivity index (χ0v) is 11.8. The van der Waals surface area contributed by atoms with Gasteiger partial charge < -0.3 is 10.5 Å². The summed E-state index contributed by atoms with van der Waals surface area (Å²) < 4.78 is 6.07. The Kier molecular flexibility index (Phi) is 4.28. The van der Waals surface area contributed by atoms with E-state index in [9.17, 15) is 0 Å². The van der Waals surface area contributed by atoms with E-state index in [0.717, 1.165) is 23.1 Å². The van der Waals surface area contributed by atoms with Gasteiger partial charge in [0.2, 0.25) is 0 Å². The van der Waals surface area contributed by atoms with Gasteiger partial charge in [-0.25, -0.2) is 0 Å². The SMILES string of the molecule is Cc1c(N)cccc1COC1CCC(C)C(C)C1. The fourth-order valence-electron chi connectivity index (χ4n) is 2.72. The van der Waals surface area contributed by atoms with Gasteiger partial charge in [0.1, 0.15) is 0 Å². The van der Waals surface area contributed by atoms with Crippen LogP contribution in [0.1, 0.15) is 44.2 Å². The van der Waals surface area contributed by atoms with Crippen LogP contribution in [0.25, 0.3) is 0 Å². The van der Waals surface area contributed by atoms with E-state index in [0.29, 0.717) is 12.7 Å². The lowest BCUT2D eigenvalue weighted by Gasteiger charge is -2.32. The summed E-state index contributed by atoms with van der Waals surface area (Å²) in [5, 5.41) is 0. The molecule has 0 heterocycles. The van der Waals surface area contributed by atoms with Crippen molar-refractivity contribution in [2.75, 3.05) is 5.73 Å². The average Bonchev–Trinajstić information content (AvgIpc) is 2.35. The van der Waals surface area contributed by atoms with Crippen molar-refractivity contribution in [3.63, 3.8) is 0 Å². The highest BCUT2D eigenvalue weighted by Crippen LogP contribution is 2.31. The fourth-order valence-corrected chi connectivity index (χ4v) is 2.72. The van der Waals surface area contributed by atoms with Crippen LogP contribution in [0.3, 0.4) is 0 Å². The number of hydrogen-bond donors (Lipinski definition) is 1. The van der Waals surface area contributed by atoms with Crippen LogP contribution in [0.5, 0.6) is 0 Å². The molecule has 1 aliphatic carbocycles. The van der Waals surface area contributed by atoms with Crippen molar-refractivity contribution in [1.82, 2.24) is 0 Å². The second-order valence-electron chi connectivity index (χ2n) is 5.83. The van der Waals surface area contributed by atoms with Crippen LogP contribution in [0, 0.1) is 18.8 Å². The zero-order valence-electron chi connectivity index (χ0n) is 11.8. The van der Waals surface area contributed by atoms with Crippen LogP contribution in [-0.4, -0.2) is 6.10 Å². The van der Waals surface area contributed by atoms with Gasteiger partial charge in [0.25, 0.3) is 0 Å². The lowest BCUT2D eigenvalue weighted by molar-refractivity contribution is -0.00760. The summed E-state index contributed by atoms with van der Waals surface area (Å²) >= 11 is 0. The van der Waals surface area contributed by atoms with Crippen molar-refractivity contribution < 1.29 is 4.74 Å². The number of rotatable bonds is 3. The van der Waals surface area contributed by atoms with Gasteiger partial charge >= 0.3 is 0 Å². The third-order valence-corrected chi connectivity index (χ3v) is 4.51.